The number of amides is 2. The number of aryl methyl sites for hydroxylation is 1. The average molecular weight is 406 g/mol. The number of carbonyl (C=O) groups is 2. The summed E-state index contributed by atoms with van der Waals surface area (Å²) in [4.78, 5) is 26.3. The molecule has 6 heteroatoms. The van der Waals surface area contributed by atoms with Crippen LogP contribution in [0.5, 0.6) is 0 Å². The molecular formula is C24H25FN3O2+. The molecule has 0 aliphatic carbocycles. The van der Waals surface area contributed by atoms with Crippen molar-refractivity contribution < 1.29 is 18.9 Å². The summed E-state index contributed by atoms with van der Waals surface area (Å²) in [5.41, 5.74) is 3.11. The van der Waals surface area contributed by atoms with Crippen molar-refractivity contribution in [1.82, 2.24) is 0 Å². The zero-order valence-electron chi connectivity index (χ0n) is 17.0. The third kappa shape index (κ3) is 5.75. The Bertz CT molecular complexity index is 989. The molecule has 154 valence electrons. The third-order valence-corrected chi connectivity index (χ3v) is 4.77. The van der Waals surface area contributed by atoms with Gasteiger partial charge in [0.1, 0.15) is 5.82 Å². The second-order valence-corrected chi connectivity index (χ2v) is 7.28. The summed E-state index contributed by atoms with van der Waals surface area (Å²) in [5.74, 6) is -0.830. The normalized spacial score (nSPS) is 12.6. The zero-order valence-corrected chi connectivity index (χ0v) is 17.0. The Balaban J connectivity index is 1.74. The summed E-state index contributed by atoms with van der Waals surface area (Å²) in [5, 5.41) is 5.69. The number of carbonyl (C=O) groups excluding carboxylic acids is 2. The van der Waals surface area contributed by atoms with E-state index in [1.54, 1.807) is 7.05 Å². The van der Waals surface area contributed by atoms with Gasteiger partial charge in [0.15, 0.2) is 12.6 Å². The number of hydrogen-bond donors (Lipinski definition) is 3. The number of halogens is 1. The van der Waals surface area contributed by atoms with Crippen molar-refractivity contribution in [2.24, 2.45) is 0 Å². The summed E-state index contributed by atoms with van der Waals surface area (Å²) in [6, 6.07) is 21.8. The van der Waals surface area contributed by atoms with Gasteiger partial charge in [-0.3, -0.25) is 9.59 Å². The van der Waals surface area contributed by atoms with Gasteiger partial charge in [0.05, 0.1) is 7.05 Å². The summed E-state index contributed by atoms with van der Waals surface area (Å²) in [6.07, 6.45) is 0. The van der Waals surface area contributed by atoms with Gasteiger partial charge in [-0.05, 0) is 43.3 Å². The van der Waals surface area contributed by atoms with E-state index in [4.69, 9.17) is 0 Å². The Morgan fingerprint density at radius 1 is 0.867 bits per heavy atom. The molecule has 0 saturated carbocycles. The predicted molar refractivity (Wildman–Crippen MR) is 116 cm³/mol. The van der Waals surface area contributed by atoms with Gasteiger partial charge in [0.2, 0.25) is 0 Å². The molecule has 3 N–H and O–H groups in total. The second-order valence-electron chi connectivity index (χ2n) is 7.28. The molecule has 1 unspecified atom stereocenters. The molecule has 3 aromatic rings. The highest BCUT2D eigenvalue weighted by molar-refractivity contribution is 5.95. The van der Waals surface area contributed by atoms with Crippen LogP contribution in [0, 0.1) is 12.7 Å². The van der Waals surface area contributed by atoms with Crippen LogP contribution >= 0.6 is 0 Å². The quantitative estimate of drug-likeness (QED) is 0.565. The van der Waals surface area contributed by atoms with Crippen molar-refractivity contribution in [3.05, 3.63) is 95.8 Å². The molecule has 0 spiro atoms. The maximum Gasteiger partial charge on any atom is 0.287 e. The van der Waals surface area contributed by atoms with Gasteiger partial charge in [-0.2, -0.15) is 0 Å². The Hall–Kier alpha value is -3.51. The van der Waals surface area contributed by atoms with Crippen LogP contribution in [-0.2, 0) is 9.59 Å². The van der Waals surface area contributed by atoms with E-state index in [1.807, 2.05) is 61.5 Å². The van der Waals surface area contributed by atoms with E-state index in [0.29, 0.717) is 16.3 Å². The first-order valence-electron chi connectivity index (χ1n) is 9.72. The van der Waals surface area contributed by atoms with E-state index in [1.165, 1.54) is 24.3 Å². The van der Waals surface area contributed by atoms with E-state index in [-0.39, 0.29) is 24.2 Å². The third-order valence-electron chi connectivity index (χ3n) is 4.77. The number of anilines is 2. The van der Waals surface area contributed by atoms with Gasteiger partial charge in [-0.25, -0.2) is 4.39 Å². The van der Waals surface area contributed by atoms with Gasteiger partial charge in [-0.15, -0.1) is 0 Å². The summed E-state index contributed by atoms with van der Waals surface area (Å²) < 4.78 is 13.2. The molecule has 0 aliphatic heterocycles. The molecule has 30 heavy (non-hydrogen) atoms. The molecule has 0 radical (unpaired) electrons. The molecule has 0 saturated heterocycles. The molecule has 0 heterocycles. The lowest BCUT2D eigenvalue weighted by Gasteiger charge is -2.24. The highest BCUT2D eigenvalue weighted by atomic mass is 19.1. The number of likely N-dealkylation sites (N-methyl/N-ethyl adjacent to an activating group) is 1. The summed E-state index contributed by atoms with van der Waals surface area (Å²) in [7, 11) is 1.80. The van der Waals surface area contributed by atoms with Crippen LogP contribution in [0.15, 0.2) is 78.9 Å². The molecule has 3 aromatic carbocycles. The van der Waals surface area contributed by atoms with Gasteiger partial charge < -0.3 is 15.5 Å². The fourth-order valence-electron chi connectivity index (χ4n) is 3.25. The number of hydrogen-bond acceptors (Lipinski definition) is 2. The average Bonchev–Trinajstić information content (AvgIpc) is 2.72. The second kappa shape index (κ2) is 9.80. The summed E-state index contributed by atoms with van der Waals surface area (Å²) in [6.45, 7) is 2.08. The van der Waals surface area contributed by atoms with E-state index in [0.717, 1.165) is 11.1 Å². The highest BCUT2D eigenvalue weighted by Crippen LogP contribution is 2.14. The van der Waals surface area contributed by atoms with Crippen LogP contribution in [0.25, 0.3) is 0 Å². The lowest BCUT2D eigenvalue weighted by atomic mass is 10.0. The maximum absolute atomic E-state index is 13.2. The fourth-order valence-corrected chi connectivity index (χ4v) is 3.25. The SMILES string of the molecule is Cc1ccc(NC(=O)C[NH+](C)[C@H](C(=O)Nc2ccc(F)cc2)c2ccccc2)cc1. The molecule has 0 aliphatic rings. The monoisotopic (exact) mass is 406 g/mol. The Morgan fingerprint density at radius 2 is 1.43 bits per heavy atom. The molecule has 2 amide bonds. The Morgan fingerprint density at radius 3 is 2.07 bits per heavy atom. The van der Waals surface area contributed by atoms with Crippen molar-refractivity contribution in [2.75, 3.05) is 24.2 Å². The molecule has 0 bridgehead atoms. The fraction of sp³-hybridized carbons (Fsp3) is 0.167. The van der Waals surface area contributed by atoms with Crippen molar-refractivity contribution in [2.45, 2.75) is 13.0 Å². The van der Waals surface area contributed by atoms with E-state index >= 15 is 0 Å². The Labute approximate surface area is 175 Å². The molecule has 0 aromatic heterocycles. The van der Waals surface area contributed by atoms with Crippen LogP contribution in [0.2, 0.25) is 0 Å². The number of benzene rings is 3. The first-order valence-corrected chi connectivity index (χ1v) is 9.72. The van der Waals surface area contributed by atoms with Crippen molar-refractivity contribution in [3.8, 4) is 0 Å². The van der Waals surface area contributed by atoms with Crippen molar-refractivity contribution in [1.29, 1.82) is 0 Å². The number of rotatable bonds is 7. The van der Waals surface area contributed by atoms with Gasteiger partial charge >= 0.3 is 0 Å². The van der Waals surface area contributed by atoms with Crippen molar-refractivity contribution in [3.63, 3.8) is 0 Å². The van der Waals surface area contributed by atoms with Crippen molar-refractivity contribution >= 4 is 23.2 Å². The number of quaternary nitrogens is 1. The Kier molecular flexibility index (Phi) is 6.93. The largest absolute Gasteiger partial charge is 0.321 e. The van der Waals surface area contributed by atoms with Gasteiger partial charge in [0.25, 0.3) is 11.8 Å². The van der Waals surface area contributed by atoms with Gasteiger partial charge in [0, 0.05) is 16.9 Å². The van der Waals surface area contributed by atoms with E-state index in [2.05, 4.69) is 10.6 Å². The first-order chi connectivity index (χ1) is 14.4. The van der Waals surface area contributed by atoms with Crippen LogP contribution < -0.4 is 15.5 Å². The number of nitrogens with one attached hydrogen (secondary N) is 3. The zero-order chi connectivity index (χ0) is 21.5. The van der Waals surface area contributed by atoms with Crippen LogP contribution in [0.1, 0.15) is 17.2 Å². The topological polar surface area (TPSA) is 62.6 Å². The first kappa shape index (κ1) is 21.2. The van der Waals surface area contributed by atoms with Crippen LogP contribution in [0.3, 0.4) is 0 Å². The standard InChI is InChI=1S/C24H24FN3O2/c1-17-8-12-20(13-9-17)26-22(29)16-28(2)23(18-6-4-3-5-7-18)24(30)27-21-14-10-19(25)11-15-21/h3-15,23H,16H2,1-2H3,(H,26,29)(H,27,30)/p+1/t23-/m0/s1. The maximum atomic E-state index is 13.2. The van der Waals surface area contributed by atoms with E-state index in [9.17, 15) is 14.0 Å². The van der Waals surface area contributed by atoms with Gasteiger partial charge in [-0.1, -0.05) is 48.0 Å². The smallest absolute Gasteiger partial charge is 0.287 e. The van der Waals surface area contributed by atoms with Crippen LogP contribution in [0.4, 0.5) is 15.8 Å². The van der Waals surface area contributed by atoms with E-state index < -0.39 is 6.04 Å². The molecule has 2 atom stereocenters. The minimum atomic E-state index is -0.611. The highest BCUT2D eigenvalue weighted by Gasteiger charge is 2.30. The van der Waals surface area contributed by atoms with Crippen LogP contribution in [-0.4, -0.2) is 25.4 Å². The molecule has 3 rings (SSSR count). The minimum absolute atomic E-state index is 0.101. The molecular weight excluding hydrogens is 381 g/mol. The summed E-state index contributed by atoms with van der Waals surface area (Å²) >= 11 is 0. The lowest BCUT2D eigenvalue weighted by molar-refractivity contribution is -0.893. The minimum Gasteiger partial charge on any atom is -0.321 e. The lowest BCUT2D eigenvalue weighted by Crippen LogP contribution is -3.11. The molecule has 0 fully saturated rings. The predicted octanol–water partition coefficient (Wildman–Crippen LogP) is 2.97. The molecule has 5 nitrogen and oxygen atoms in total.